The lowest BCUT2D eigenvalue weighted by Gasteiger charge is -2.20. The normalized spacial score (nSPS) is 11.1. The third kappa shape index (κ3) is 4.59. The molecule has 0 saturated heterocycles. The number of amides is 1. The van der Waals surface area contributed by atoms with Crippen molar-refractivity contribution in [1.29, 1.82) is 0 Å². The lowest BCUT2D eigenvalue weighted by molar-refractivity contribution is 0.0948. The first kappa shape index (κ1) is 15.5. The zero-order valence-electron chi connectivity index (χ0n) is 10.8. The monoisotopic (exact) mass is 332 g/mol. The predicted octanol–water partition coefficient (Wildman–Crippen LogP) is 3.17. The van der Waals surface area contributed by atoms with Crippen molar-refractivity contribution >= 4 is 33.4 Å². The van der Waals surface area contributed by atoms with E-state index in [9.17, 15) is 4.79 Å². The van der Waals surface area contributed by atoms with Gasteiger partial charge in [-0.15, -0.1) is 0 Å². The third-order valence-corrected chi connectivity index (χ3v) is 4.03. The Hall–Kier alpha value is -0.580. The van der Waals surface area contributed by atoms with Gasteiger partial charge in [-0.05, 0) is 55.0 Å². The van der Waals surface area contributed by atoms with Crippen LogP contribution < -0.4 is 5.32 Å². The summed E-state index contributed by atoms with van der Waals surface area (Å²) in [5.41, 5.74) is 0.610. The minimum Gasteiger partial charge on any atom is -0.351 e. The molecule has 0 atom stereocenters. The van der Waals surface area contributed by atoms with Gasteiger partial charge in [0.25, 0.3) is 5.91 Å². The molecule has 18 heavy (non-hydrogen) atoms. The maximum Gasteiger partial charge on any atom is 0.251 e. The van der Waals surface area contributed by atoms with Crippen LogP contribution in [0.2, 0.25) is 5.02 Å². The number of hydrogen-bond donors (Lipinski definition) is 1. The van der Waals surface area contributed by atoms with Crippen molar-refractivity contribution < 1.29 is 4.79 Å². The Morgan fingerprint density at radius 1 is 1.50 bits per heavy atom. The minimum absolute atomic E-state index is 0.0791. The summed E-state index contributed by atoms with van der Waals surface area (Å²) in [5, 5.41) is 3.49. The number of nitrogens with one attached hydrogen (secondary N) is 1. The average molecular weight is 334 g/mol. The Bertz CT molecular complexity index is 423. The van der Waals surface area contributed by atoms with Crippen LogP contribution in [0.3, 0.4) is 0 Å². The summed E-state index contributed by atoms with van der Waals surface area (Å²) >= 11 is 9.19. The molecular weight excluding hydrogens is 316 g/mol. The fourth-order valence-corrected chi connectivity index (χ4v) is 1.84. The molecule has 0 unspecified atom stereocenters. The SMILES string of the molecule is CC(C)N(C)CCNC(=O)c1ccc(Cl)c(Br)c1. The van der Waals surface area contributed by atoms with Crippen molar-refractivity contribution in [3.63, 3.8) is 0 Å². The number of carbonyl (C=O) groups excluding carboxylic acids is 1. The average Bonchev–Trinajstić information content (AvgIpc) is 2.32. The van der Waals surface area contributed by atoms with Crippen LogP contribution >= 0.6 is 27.5 Å². The largest absolute Gasteiger partial charge is 0.351 e. The van der Waals surface area contributed by atoms with Gasteiger partial charge in [-0.2, -0.15) is 0 Å². The summed E-state index contributed by atoms with van der Waals surface area (Å²) in [7, 11) is 2.04. The lowest BCUT2D eigenvalue weighted by Crippen LogP contribution is -2.36. The maximum atomic E-state index is 11.9. The lowest BCUT2D eigenvalue weighted by atomic mass is 10.2. The van der Waals surface area contributed by atoms with E-state index in [2.05, 4.69) is 40.0 Å². The minimum atomic E-state index is -0.0791. The molecule has 1 aromatic carbocycles. The molecule has 0 aliphatic heterocycles. The molecule has 0 radical (unpaired) electrons. The fraction of sp³-hybridized carbons (Fsp3) is 0.462. The van der Waals surface area contributed by atoms with Gasteiger partial charge in [-0.3, -0.25) is 4.79 Å². The molecule has 1 amide bonds. The summed E-state index contributed by atoms with van der Waals surface area (Å²) in [4.78, 5) is 14.0. The topological polar surface area (TPSA) is 32.3 Å². The highest BCUT2D eigenvalue weighted by molar-refractivity contribution is 9.10. The first-order valence-corrected chi connectivity index (χ1v) is 7.02. The number of carbonyl (C=O) groups is 1. The number of halogens is 2. The van der Waals surface area contributed by atoms with Gasteiger partial charge in [-0.1, -0.05) is 11.6 Å². The fourth-order valence-electron chi connectivity index (χ4n) is 1.34. The van der Waals surface area contributed by atoms with E-state index in [1.54, 1.807) is 18.2 Å². The third-order valence-electron chi connectivity index (χ3n) is 2.81. The molecule has 1 rings (SSSR count). The molecule has 1 aromatic rings. The van der Waals surface area contributed by atoms with Crippen molar-refractivity contribution in [3.05, 3.63) is 33.3 Å². The van der Waals surface area contributed by atoms with Crippen LogP contribution in [0.4, 0.5) is 0 Å². The van der Waals surface area contributed by atoms with Gasteiger partial charge in [0.05, 0.1) is 5.02 Å². The van der Waals surface area contributed by atoms with Gasteiger partial charge in [0, 0.05) is 29.2 Å². The molecule has 5 heteroatoms. The summed E-state index contributed by atoms with van der Waals surface area (Å²) in [6.07, 6.45) is 0. The Kier molecular flexibility index (Phi) is 6.12. The molecular formula is C13H18BrClN2O. The zero-order chi connectivity index (χ0) is 13.7. The van der Waals surface area contributed by atoms with Crippen molar-refractivity contribution in [2.75, 3.05) is 20.1 Å². The summed E-state index contributed by atoms with van der Waals surface area (Å²) in [6.45, 7) is 5.71. The van der Waals surface area contributed by atoms with E-state index in [1.165, 1.54) is 0 Å². The molecule has 0 aliphatic rings. The van der Waals surface area contributed by atoms with Gasteiger partial charge in [0.1, 0.15) is 0 Å². The van der Waals surface area contributed by atoms with Crippen LogP contribution in [0.25, 0.3) is 0 Å². The molecule has 0 heterocycles. The quantitative estimate of drug-likeness (QED) is 0.897. The summed E-state index contributed by atoms with van der Waals surface area (Å²) in [5.74, 6) is -0.0791. The number of rotatable bonds is 5. The molecule has 1 N–H and O–H groups in total. The molecule has 0 spiro atoms. The zero-order valence-corrected chi connectivity index (χ0v) is 13.2. The molecule has 0 saturated carbocycles. The van der Waals surface area contributed by atoms with Gasteiger partial charge in [-0.25, -0.2) is 0 Å². The summed E-state index contributed by atoms with van der Waals surface area (Å²) < 4.78 is 0.733. The van der Waals surface area contributed by atoms with Crippen LogP contribution in [0, 0.1) is 0 Å². The van der Waals surface area contributed by atoms with Crippen LogP contribution in [-0.4, -0.2) is 37.0 Å². The van der Waals surface area contributed by atoms with E-state index in [-0.39, 0.29) is 5.91 Å². The van der Waals surface area contributed by atoms with E-state index in [0.717, 1.165) is 11.0 Å². The first-order valence-electron chi connectivity index (χ1n) is 5.85. The standard InChI is InChI=1S/C13H18BrClN2O/c1-9(2)17(3)7-6-16-13(18)10-4-5-12(15)11(14)8-10/h4-5,8-9H,6-7H2,1-3H3,(H,16,18). The van der Waals surface area contributed by atoms with E-state index in [0.29, 0.717) is 23.2 Å². The van der Waals surface area contributed by atoms with Crippen LogP contribution in [0.5, 0.6) is 0 Å². The molecule has 0 aliphatic carbocycles. The highest BCUT2D eigenvalue weighted by Crippen LogP contribution is 2.23. The van der Waals surface area contributed by atoms with Gasteiger partial charge < -0.3 is 10.2 Å². The van der Waals surface area contributed by atoms with E-state index < -0.39 is 0 Å². The molecule has 0 fully saturated rings. The van der Waals surface area contributed by atoms with Gasteiger partial charge >= 0.3 is 0 Å². The second-order valence-corrected chi connectivity index (χ2v) is 5.72. The Balaban J connectivity index is 2.48. The van der Waals surface area contributed by atoms with Crippen LogP contribution in [-0.2, 0) is 0 Å². The highest BCUT2D eigenvalue weighted by atomic mass is 79.9. The number of hydrogen-bond acceptors (Lipinski definition) is 2. The van der Waals surface area contributed by atoms with Crippen molar-refractivity contribution in [2.45, 2.75) is 19.9 Å². The maximum absolute atomic E-state index is 11.9. The number of benzene rings is 1. The molecule has 0 bridgehead atoms. The molecule has 3 nitrogen and oxygen atoms in total. The number of nitrogens with zero attached hydrogens (tertiary/aromatic N) is 1. The first-order chi connectivity index (χ1) is 8.41. The van der Waals surface area contributed by atoms with Crippen LogP contribution in [0.15, 0.2) is 22.7 Å². The van der Waals surface area contributed by atoms with Gasteiger partial charge in [0.2, 0.25) is 0 Å². The Morgan fingerprint density at radius 2 is 2.17 bits per heavy atom. The number of likely N-dealkylation sites (N-methyl/N-ethyl adjacent to an activating group) is 1. The Morgan fingerprint density at radius 3 is 2.72 bits per heavy atom. The highest BCUT2D eigenvalue weighted by Gasteiger charge is 2.08. The van der Waals surface area contributed by atoms with E-state index >= 15 is 0 Å². The predicted molar refractivity (Wildman–Crippen MR) is 79.3 cm³/mol. The van der Waals surface area contributed by atoms with Crippen LogP contribution in [0.1, 0.15) is 24.2 Å². The van der Waals surface area contributed by atoms with Crippen molar-refractivity contribution in [1.82, 2.24) is 10.2 Å². The van der Waals surface area contributed by atoms with Gasteiger partial charge in [0.15, 0.2) is 0 Å². The van der Waals surface area contributed by atoms with Crippen molar-refractivity contribution in [2.24, 2.45) is 0 Å². The van der Waals surface area contributed by atoms with E-state index in [1.807, 2.05) is 7.05 Å². The smallest absolute Gasteiger partial charge is 0.251 e. The molecule has 100 valence electrons. The summed E-state index contributed by atoms with van der Waals surface area (Å²) in [6, 6.07) is 5.63. The second-order valence-electron chi connectivity index (χ2n) is 4.46. The second kappa shape index (κ2) is 7.12. The Labute approximate surface area is 122 Å². The van der Waals surface area contributed by atoms with Crippen molar-refractivity contribution in [3.8, 4) is 0 Å². The van der Waals surface area contributed by atoms with E-state index in [4.69, 9.17) is 11.6 Å². The molecule has 0 aromatic heterocycles.